The average Bonchev–Trinajstić information content (AvgIpc) is 2.26. The second kappa shape index (κ2) is 3.57. The van der Waals surface area contributed by atoms with Crippen molar-refractivity contribution in [1.82, 2.24) is 0 Å². The quantitative estimate of drug-likeness (QED) is 0.654. The Morgan fingerprint density at radius 1 is 1.45 bits per heavy atom. The second-order valence-corrected chi connectivity index (χ2v) is 5.64. The van der Waals surface area contributed by atoms with Crippen LogP contribution in [0.4, 0.5) is 0 Å². The van der Waals surface area contributed by atoms with E-state index in [2.05, 4.69) is 6.92 Å². The summed E-state index contributed by atoms with van der Waals surface area (Å²) in [4.78, 5) is 0. The third kappa shape index (κ3) is 2.81. The summed E-state index contributed by atoms with van der Waals surface area (Å²) in [5.74, 6) is 1.36. The number of rotatable bonds is 3. The SMILES string of the molecule is CCCCC1CCS(=O)(=O)C1. The first kappa shape index (κ1) is 9.04. The van der Waals surface area contributed by atoms with E-state index in [1.54, 1.807) is 0 Å². The molecule has 1 fully saturated rings. The van der Waals surface area contributed by atoms with Gasteiger partial charge in [0.05, 0.1) is 11.5 Å². The van der Waals surface area contributed by atoms with Gasteiger partial charge in [-0.3, -0.25) is 0 Å². The molecule has 1 aliphatic heterocycles. The summed E-state index contributed by atoms with van der Waals surface area (Å²) in [6.07, 6.45) is 4.37. The Kier molecular flexibility index (Phi) is 2.93. The highest BCUT2D eigenvalue weighted by Crippen LogP contribution is 2.23. The van der Waals surface area contributed by atoms with E-state index in [0.29, 0.717) is 17.4 Å². The van der Waals surface area contributed by atoms with Crippen molar-refractivity contribution >= 4 is 9.84 Å². The molecule has 2 nitrogen and oxygen atoms in total. The normalized spacial score (nSPS) is 29.0. The van der Waals surface area contributed by atoms with Gasteiger partial charge in [-0.1, -0.05) is 19.8 Å². The standard InChI is InChI=1S/C8H16O2S/c1-2-3-4-8-5-6-11(9,10)7-8/h8H,2-7H2,1H3. The van der Waals surface area contributed by atoms with E-state index < -0.39 is 9.84 Å². The van der Waals surface area contributed by atoms with Crippen molar-refractivity contribution in [2.24, 2.45) is 5.92 Å². The molecule has 0 aromatic rings. The van der Waals surface area contributed by atoms with Crippen LogP contribution in [0.25, 0.3) is 0 Å². The summed E-state index contributed by atoms with van der Waals surface area (Å²) in [6.45, 7) is 2.14. The topological polar surface area (TPSA) is 34.1 Å². The van der Waals surface area contributed by atoms with Gasteiger partial charge in [-0.25, -0.2) is 8.42 Å². The molecule has 1 heterocycles. The molecule has 1 unspecified atom stereocenters. The molecule has 0 N–H and O–H groups in total. The predicted molar refractivity (Wildman–Crippen MR) is 46.3 cm³/mol. The first-order chi connectivity index (χ1) is 5.14. The minimum atomic E-state index is -2.63. The van der Waals surface area contributed by atoms with Crippen LogP contribution >= 0.6 is 0 Å². The van der Waals surface area contributed by atoms with Gasteiger partial charge >= 0.3 is 0 Å². The van der Waals surface area contributed by atoms with E-state index in [1.165, 1.54) is 12.8 Å². The molecule has 0 bridgehead atoms. The van der Waals surface area contributed by atoms with Gasteiger partial charge in [-0.05, 0) is 18.8 Å². The minimum absolute atomic E-state index is 0.432. The number of hydrogen-bond acceptors (Lipinski definition) is 2. The van der Waals surface area contributed by atoms with Crippen LogP contribution in [-0.4, -0.2) is 19.9 Å². The highest BCUT2D eigenvalue weighted by molar-refractivity contribution is 7.91. The lowest BCUT2D eigenvalue weighted by atomic mass is 10.0. The van der Waals surface area contributed by atoms with Gasteiger partial charge in [0.15, 0.2) is 9.84 Å². The van der Waals surface area contributed by atoms with Gasteiger partial charge in [-0.15, -0.1) is 0 Å². The van der Waals surface area contributed by atoms with E-state index in [1.807, 2.05) is 0 Å². The zero-order valence-electron chi connectivity index (χ0n) is 7.04. The Bertz CT molecular complexity index is 206. The lowest BCUT2D eigenvalue weighted by Crippen LogP contribution is -2.04. The summed E-state index contributed by atoms with van der Waals surface area (Å²) in [5, 5.41) is 0. The molecular weight excluding hydrogens is 160 g/mol. The average molecular weight is 176 g/mol. The van der Waals surface area contributed by atoms with Crippen LogP contribution in [0.3, 0.4) is 0 Å². The summed E-state index contributed by atoms with van der Waals surface area (Å²) < 4.78 is 22.0. The van der Waals surface area contributed by atoms with Crippen LogP contribution in [0, 0.1) is 5.92 Å². The molecule has 1 aliphatic rings. The zero-order valence-corrected chi connectivity index (χ0v) is 7.86. The van der Waals surface area contributed by atoms with Crippen LogP contribution in [0.2, 0.25) is 0 Å². The van der Waals surface area contributed by atoms with Gasteiger partial charge in [0.1, 0.15) is 0 Å². The molecular formula is C8H16O2S. The van der Waals surface area contributed by atoms with Gasteiger partial charge in [-0.2, -0.15) is 0 Å². The van der Waals surface area contributed by atoms with E-state index >= 15 is 0 Å². The highest BCUT2D eigenvalue weighted by atomic mass is 32.2. The van der Waals surface area contributed by atoms with Crippen LogP contribution in [0.1, 0.15) is 32.6 Å². The molecule has 0 aliphatic carbocycles. The van der Waals surface area contributed by atoms with E-state index in [0.717, 1.165) is 12.8 Å². The molecule has 3 heteroatoms. The first-order valence-electron chi connectivity index (χ1n) is 4.34. The Labute approximate surface area is 68.9 Å². The fourth-order valence-corrected chi connectivity index (χ4v) is 3.50. The minimum Gasteiger partial charge on any atom is -0.229 e. The molecule has 0 amide bonds. The summed E-state index contributed by atoms with van der Waals surface area (Å²) in [7, 11) is -2.63. The largest absolute Gasteiger partial charge is 0.229 e. The molecule has 0 spiro atoms. The predicted octanol–water partition coefficient (Wildman–Crippen LogP) is 1.61. The van der Waals surface area contributed by atoms with E-state index in [9.17, 15) is 8.42 Å². The molecule has 0 radical (unpaired) electrons. The monoisotopic (exact) mass is 176 g/mol. The third-order valence-electron chi connectivity index (χ3n) is 2.29. The Balaban J connectivity index is 2.31. The summed E-state index contributed by atoms with van der Waals surface area (Å²) in [6, 6.07) is 0. The molecule has 1 rings (SSSR count). The fourth-order valence-electron chi connectivity index (χ4n) is 1.59. The Morgan fingerprint density at radius 2 is 2.18 bits per heavy atom. The van der Waals surface area contributed by atoms with Gasteiger partial charge < -0.3 is 0 Å². The second-order valence-electron chi connectivity index (χ2n) is 3.41. The first-order valence-corrected chi connectivity index (χ1v) is 6.16. The van der Waals surface area contributed by atoms with Crippen LogP contribution in [0.15, 0.2) is 0 Å². The maximum absolute atomic E-state index is 11.0. The van der Waals surface area contributed by atoms with E-state index in [4.69, 9.17) is 0 Å². The summed E-state index contributed by atoms with van der Waals surface area (Å²) in [5.41, 5.74) is 0. The van der Waals surface area contributed by atoms with Crippen LogP contribution < -0.4 is 0 Å². The molecule has 0 aromatic heterocycles. The van der Waals surface area contributed by atoms with Crippen molar-refractivity contribution in [3.05, 3.63) is 0 Å². The summed E-state index contributed by atoms with van der Waals surface area (Å²) >= 11 is 0. The number of unbranched alkanes of at least 4 members (excludes halogenated alkanes) is 1. The molecule has 1 atom stereocenters. The zero-order chi connectivity index (χ0) is 8.32. The fraction of sp³-hybridized carbons (Fsp3) is 1.00. The third-order valence-corrected chi connectivity index (χ3v) is 4.13. The van der Waals surface area contributed by atoms with Gasteiger partial charge in [0.25, 0.3) is 0 Å². The highest BCUT2D eigenvalue weighted by Gasteiger charge is 2.26. The van der Waals surface area contributed by atoms with Crippen molar-refractivity contribution < 1.29 is 8.42 Å². The molecule has 66 valence electrons. The van der Waals surface area contributed by atoms with Crippen LogP contribution in [-0.2, 0) is 9.84 Å². The van der Waals surface area contributed by atoms with E-state index in [-0.39, 0.29) is 0 Å². The Morgan fingerprint density at radius 3 is 2.64 bits per heavy atom. The maximum Gasteiger partial charge on any atom is 0.150 e. The van der Waals surface area contributed by atoms with Crippen molar-refractivity contribution in [2.75, 3.05) is 11.5 Å². The molecule has 1 saturated heterocycles. The molecule has 0 aromatic carbocycles. The smallest absolute Gasteiger partial charge is 0.150 e. The van der Waals surface area contributed by atoms with Gasteiger partial charge in [0.2, 0.25) is 0 Å². The van der Waals surface area contributed by atoms with Crippen LogP contribution in [0.5, 0.6) is 0 Å². The molecule has 11 heavy (non-hydrogen) atoms. The number of sulfone groups is 1. The Hall–Kier alpha value is -0.0500. The van der Waals surface area contributed by atoms with Crippen molar-refractivity contribution in [1.29, 1.82) is 0 Å². The maximum atomic E-state index is 11.0. The van der Waals surface area contributed by atoms with Crippen molar-refractivity contribution in [3.8, 4) is 0 Å². The lowest BCUT2D eigenvalue weighted by molar-refractivity contribution is 0.515. The van der Waals surface area contributed by atoms with Crippen molar-refractivity contribution in [2.45, 2.75) is 32.6 Å². The van der Waals surface area contributed by atoms with Crippen molar-refractivity contribution in [3.63, 3.8) is 0 Å². The van der Waals surface area contributed by atoms with Gasteiger partial charge in [0, 0.05) is 0 Å². The lowest BCUT2D eigenvalue weighted by Gasteiger charge is -2.03. The molecule has 0 saturated carbocycles. The number of hydrogen-bond donors (Lipinski definition) is 0.